The minimum Gasteiger partial charge on any atom is -0.395 e. The molecule has 10 heavy (non-hydrogen) atoms. The van der Waals surface area contributed by atoms with Gasteiger partial charge in [0.15, 0.2) is 0 Å². The highest BCUT2D eigenvalue weighted by Crippen LogP contribution is 1.76. The molecule has 0 bridgehead atoms. The largest absolute Gasteiger partial charge is 0.395 e. The predicted molar refractivity (Wildman–Crippen MR) is 40.0 cm³/mol. The Kier molecular flexibility index (Phi) is 14.4. The lowest BCUT2D eigenvalue weighted by molar-refractivity contribution is 0.184. The number of likely N-dealkylation sites (N-methyl/N-ethyl adjacent to an activating group) is 1. The number of hydrazine groups is 1. The fraction of sp³-hybridized carbons (Fsp3) is 1.00. The Labute approximate surface area is 61.2 Å². The molecule has 64 valence electrons. The lowest BCUT2D eigenvalue weighted by Crippen LogP contribution is -2.25. The van der Waals surface area contributed by atoms with Crippen LogP contribution < -0.4 is 11.7 Å². The molecular formula is C5H17N3O2. The SMILES string of the molecule is CN(CCO)CCO.NN. The maximum absolute atomic E-state index is 8.34. The molecule has 0 heterocycles. The summed E-state index contributed by atoms with van der Waals surface area (Å²) in [6.07, 6.45) is 0. The molecule has 0 saturated heterocycles. The van der Waals surface area contributed by atoms with Crippen molar-refractivity contribution in [1.82, 2.24) is 4.90 Å². The summed E-state index contributed by atoms with van der Waals surface area (Å²) in [5.41, 5.74) is 0. The van der Waals surface area contributed by atoms with Gasteiger partial charge in [0.1, 0.15) is 0 Å². The van der Waals surface area contributed by atoms with Crippen LogP contribution >= 0.6 is 0 Å². The molecule has 0 radical (unpaired) electrons. The van der Waals surface area contributed by atoms with E-state index >= 15 is 0 Å². The first-order valence-corrected chi connectivity index (χ1v) is 3.05. The van der Waals surface area contributed by atoms with E-state index < -0.39 is 0 Å². The lowest BCUT2D eigenvalue weighted by Gasteiger charge is -2.11. The van der Waals surface area contributed by atoms with Crippen molar-refractivity contribution in [3.05, 3.63) is 0 Å². The molecule has 6 N–H and O–H groups in total. The second-order valence-corrected chi connectivity index (χ2v) is 1.75. The summed E-state index contributed by atoms with van der Waals surface area (Å²) < 4.78 is 0. The third-order valence-corrected chi connectivity index (χ3v) is 0.963. The van der Waals surface area contributed by atoms with E-state index in [2.05, 4.69) is 11.7 Å². The zero-order valence-electron chi connectivity index (χ0n) is 6.32. The van der Waals surface area contributed by atoms with Crippen LogP contribution in [0.3, 0.4) is 0 Å². The van der Waals surface area contributed by atoms with E-state index in [9.17, 15) is 0 Å². The van der Waals surface area contributed by atoms with Crippen molar-refractivity contribution < 1.29 is 10.2 Å². The summed E-state index contributed by atoms with van der Waals surface area (Å²) in [5.74, 6) is 8.00. The maximum atomic E-state index is 8.34. The molecule has 5 nitrogen and oxygen atoms in total. The summed E-state index contributed by atoms with van der Waals surface area (Å²) in [5, 5.41) is 16.7. The van der Waals surface area contributed by atoms with Gasteiger partial charge in [-0.15, -0.1) is 0 Å². The van der Waals surface area contributed by atoms with Gasteiger partial charge in [-0.2, -0.15) is 0 Å². The van der Waals surface area contributed by atoms with Gasteiger partial charge >= 0.3 is 0 Å². The van der Waals surface area contributed by atoms with Crippen LogP contribution in [0.15, 0.2) is 0 Å². The van der Waals surface area contributed by atoms with Gasteiger partial charge in [-0.1, -0.05) is 0 Å². The van der Waals surface area contributed by atoms with Gasteiger partial charge in [-0.3, -0.25) is 11.7 Å². The first-order chi connectivity index (χ1) is 4.81. The zero-order chi connectivity index (χ0) is 8.41. The molecule has 0 rings (SSSR count). The van der Waals surface area contributed by atoms with Crippen LogP contribution in [-0.2, 0) is 0 Å². The highest BCUT2D eigenvalue weighted by atomic mass is 16.3. The molecule has 0 aliphatic rings. The third kappa shape index (κ3) is 10.7. The number of hydrogen-bond acceptors (Lipinski definition) is 5. The van der Waals surface area contributed by atoms with Crippen LogP contribution in [0, 0.1) is 0 Å². The number of rotatable bonds is 4. The average molecular weight is 151 g/mol. The van der Waals surface area contributed by atoms with Crippen LogP contribution in [-0.4, -0.2) is 48.5 Å². The third-order valence-electron chi connectivity index (χ3n) is 0.963. The van der Waals surface area contributed by atoms with Gasteiger partial charge in [0.2, 0.25) is 0 Å². The van der Waals surface area contributed by atoms with Crippen LogP contribution in [0.1, 0.15) is 0 Å². The van der Waals surface area contributed by atoms with Gasteiger partial charge in [0.05, 0.1) is 13.2 Å². The molecule has 0 spiro atoms. The van der Waals surface area contributed by atoms with Crippen LogP contribution in [0.4, 0.5) is 0 Å². The highest BCUT2D eigenvalue weighted by Gasteiger charge is 1.91. The topological polar surface area (TPSA) is 95.7 Å². The number of nitrogens with zero attached hydrogens (tertiary/aromatic N) is 1. The van der Waals surface area contributed by atoms with Crippen molar-refractivity contribution in [1.29, 1.82) is 0 Å². The smallest absolute Gasteiger partial charge is 0.0558 e. The molecule has 5 heteroatoms. The van der Waals surface area contributed by atoms with Gasteiger partial charge in [-0.05, 0) is 7.05 Å². The van der Waals surface area contributed by atoms with E-state index in [1.165, 1.54) is 0 Å². The summed E-state index contributed by atoms with van der Waals surface area (Å²) >= 11 is 0. The van der Waals surface area contributed by atoms with Crippen molar-refractivity contribution in [2.75, 3.05) is 33.4 Å². The summed E-state index contributed by atoms with van der Waals surface area (Å²) in [4.78, 5) is 1.86. The molecule has 0 aromatic rings. The molecule has 0 aliphatic heterocycles. The fourth-order valence-corrected chi connectivity index (χ4v) is 0.453. The predicted octanol–water partition coefficient (Wildman–Crippen LogP) is -2.28. The molecule has 0 aliphatic carbocycles. The van der Waals surface area contributed by atoms with E-state index in [1.54, 1.807) is 0 Å². The summed E-state index contributed by atoms with van der Waals surface area (Å²) in [6.45, 7) is 1.61. The number of aliphatic hydroxyl groups excluding tert-OH is 2. The van der Waals surface area contributed by atoms with Gasteiger partial charge < -0.3 is 15.1 Å². The maximum Gasteiger partial charge on any atom is 0.0558 e. The standard InChI is InChI=1S/C5H13NO2.H4N2/c1-6(2-4-7)3-5-8;1-2/h7-8H,2-5H2,1H3;1-2H2. The van der Waals surface area contributed by atoms with Gasteiger partial charge in [0, 0.05) is 13.1 Å². The Hall–Kier alpha value is -0.200. The summed E-state index contributed by atoms with van der Waals surface area (Å²) in [6, 6.07) is 0. The molecule has 0 amide bonds. The molecule has 0 unspecified atom stereocenters. The van der Waals surface area contributed by atoms with E-state index in [0.717, 1.165) is 0 Å². The number of hydrogen-bond donors (Lipinski definition) is 4. The van der Waals surface area contributed by atoms with Crippen molar-refractivity contribution in [2.45, 2.75) is 0 Å². The van der Waals surface area contributed by atoms with Crippen molar-refractivity contribution >= 4 is 0 Å². The van der Waals surface area contributed by atoms with Gasteiger partial charge in [0.25, 0.3) is 0 Å². The zero-order valence-corrected chi connectivity index (χ0v) is 6.32. The Morgan fingerprint density at radius 2 is 1.40 bits per heavy atom. The molecule has 0 aromatic carbocycles. The highest BCUT2D eigenvalue weighted by molar-refractivity contribution is 4.45. The normalized spacial score (nSPS) is 9.00. The number of nitrogens with two attached hydrogens (primary N) is 2. The Bertz CT molecular complexity index is 48.2. The lowest BCUT2D eigenvalue weighted by atomic mass is 10.5. The van der Waals surface area contributed by atoms with Crippen LogP contribution in [0.25, 0.3) is 0 Å². The van der Waals surface area contributed by atoms with Crippen molar-refractivity contribution in [3.8, 4) is 0 Å². The van der Waals surface area contributed by atoms with E-state index in [4.69, 9.17) is 10.2 Å². The quantitative estimate of drug-likeness (QED) is 0.268. The Balaban J connectivity index is 0. The molecular weight excluding hydrogens is 134 g/mol. The first kappa shape index (κ1) is 12.5. The Morgan fingerprint density at radius 1 is 1.10 bits per heavy atom. The summed E-state index contributed by atoms with van der Waals surface area (Å²) in [7, 11) is 1.85. The second kappa shape index (κ2) is 11.6. The first-order valence-electron chi connectivity index (χ1n) is 3.05. The van der Waals surface area contributed by atoms with E-state index in [-0.39, 0.29) is 13.2 Å². The molecule has 0 saturated carbocycles. The van der Waals surface area contributed by atoms with Crippen molar-refractivity contribution in [2.24, 2.45) is 11.7 Å². The average Bonchev–Trinajstić information content (AvgIpc) is 1.93. The Morgan fingerprint density at radius 3 is 1.60 bits per heavy atom. The van der Waals surface area contributed by atoms with Crippen LogP contribution in [0.5, 0.6) is 0 Å². The number of aliphatic hydroxyl groups is 2. The molecule has 0 fully saturated rings. The van der Waals surface area contributed by atoms with Crippen LogP contribution in [0.2, 0.25) is 0 Å². The van der Waals surface area contributed by atoms with E-state index in [0.29, 0.717) is 13.1 Å². The fourth-order valence-electron chi connectivity index (χ4n) is 0.453. The second-order valence-electron chi connectivity index (χ2n) is 1.75. The van der Waals surface area contributed by atoms with Gasteiger partial charge in [-0.25, -0.2) is 0 Å². The minimum atomic E-state index is 0.163. The monoisotopic (exact) mass is 151 g/mol. The van der Waals surface area contributed by atoms with E-state index in [1.807, 2.05) is 11.9 Å². The molecule has 0 aromatic heterocycles. The van der Waals surface area contributed by atoms with Crippen molar-refractivity contribution in [3.63, 3.8) is 0 Å². The molecule has 0 atom stereocenters. The minimum absolute atomic E-state index is 0.163.